The fraction of sp³-hybridized carbons (Fsp3) is 0.500. The summed E-state index contributed by atoms with van der Waals surface area (Å²) in [5, 5.41) is 3.30. The normalized spacial score (nSPS) is 10.6. The molecule has 114 valence electrons. The average Bonchev–Trinajstić information content (AvgIpc) is 2.98. The number of hydrogen-bond donors (Lipinski definition) is 1. The van der Waals surface area contributed by atoms with Gasteiger partial charge >= 0.3 is 0 Å². The van der Waals surface area contributed by atoms with E-state index in [-0.39, 0.29) is 0 Å². The molecular formula is C16H24N4O. The lowest BCUT2D eigenvalue weighted by molar-refractivity contribution is 0.517. The van der Waals surface area contributed by atoms with Crippen molar-refractivity contribution in [2.24, 2.45) is 0 Å². The van der Waals surface area contributed by atoms with E-state index in [0.29, 0.717) is 6.54 Å². The summed E-state index contributed by atoms with van der Waals surface area (Å²) < 4.78 is 5.32. The summed E-state index contributed by atoms with van der Waals surface area (Å²) in [6.07, 6.45) is 3.86. The van der Waals surface area contributed by atoms with Gasteiger partial charge in [-0.2, -0.15) is 4.98 Å². The van der Waals surface area contributed by atoms with Crippen molar-refractivity contribution < 1.29 is 4.42 Å². The van der Waals surface area contributed by atoms with Crippen molar-refractivity contribution in [1.82, 2.24) is 9.97 Å². The van der Waals surface area contributed by atoms with E-state index in [0.717, 1.165) is 49.2 Å². The molecule has 0 atom stereocenters. The number of aryl methyl sites for hydroxylation is 1. The Balaban J connectivity index is 2.11. The highest BCUT2D eigenvalue weighted by atomic mass is 16.3. The maximum Gasteiger partial charge on any atom is 0.227 e. The molecule has 2 aromatic heterocycles. The smallest absolute Gasteiger partial charge is 0.227 e. The van der Waals surface area contributed by atoms with E-state index in [1.165, 1.54) is 0 Å². The zero-order valence-corrected chi connectivity index (χ0v) is 13.1. The van der Waals surface area contributed by atoms with Crippen LogP contribution in [0.2, 0.25) is 0 Å². The first kappa shape index (κ1) is 15.4. The standard InChI is InChI=1S/C16H24N4O/c1-4-8-20(9-5-2)16-18-13(3)11-15(19-16)17-12-14-7-6-10-21-14/h6-7,10-11H,4-5,8-9,12H2,1-3H3,(H,17,18,19). The minimum absolute atomic E-state index is 0.629. The van der Waals surface area contributed by atoms with Crippen molar-refractivity contribution in [3.63, 3.8) is 0 Å². The molecule has 5 heteroatoms. The number of nitrogens with zero attached hydrogens (tertiary/aromatic N) is 3. The summed E-state index contributed by atoms with van der Waals surface area (Å²) in [6, 6.07) is 5.79. The molecule has 1 N–H and O–H groups in total. The SMILES string of the molecule is CCCN(CCC)c1nc(C)cc(NCc2ccco2)n1. The molecule has 0 aliphatic rings. The van der Waals surface area contributed by atoms with E-state index < -0.39 is 0 Å². The van der Waals surface area contributed by atoms with Crippen molar-refractivity contribution in [3.8, 4) is 0 Å². The summed E-state index contributed by atoms with van der Waals surface area (Å²) in [6.45, 7) is 8.94. The lowest BCUT2D eigenvalue weighted by Crippen LogP contribution is -2.27. The number of hydrogen-bond acceptors (Lipinski definition) is 5. The second-order valence-corrected chi connectivity index (χ2v) is 5.11. The van der Waals surface area contributed by atoms with E-state index in [2.05, 4.69) is 34.0 Å². The van der Waals surface area contributed by atoms with E-state index in [1.807, 2.05) is 25.1 Å². The Kier molecular flexibility index (Phi) is 5.60. The van der Waals surface area contributed by atoms with Gasteiger partial charge in [0, 0.05) is 24.8 Å². The summed E-state index contributed by atoms with van der Waals surface area (Å²) in [7, 11) is 0. The number of rotatable bonds is 8. The molecule has 0 saturated heterocycles. The highest BCUT2D eigenvalue weighted by molar-refractivity contribution is 5.43. The van der Waals surface area contributed by atoms with Gasteiger partial charge in [0.25, 0.3) is 0 Å². The number of anilines is 2. The molecule has 0 saturated carbocycles. The van der Waals surface area contributed by atoms with Crippen LogP contribution >= 0.6 is 0 Å². The Bertz CT molecular complexity index is 533. The highest BCUT2D eigenvalue weighted by Crippen LogP contribution is 2.15. The Morgan fingerprint density at radius 2 is 1.95 bits per heavy atom. The maximum atomic E-state index is 5.32. The van der Waals surface area contributed by atoms with Gasteiger partial charge in [-0.15, -0.1) is 0 Å². The Morgan fingerprint density at radius 1 is 1.19 bits per heavy atom. The second-order valence-electron chi connectivity index (χ2n) is 5.11. The van der Waals surface area contributed by atoms with Crippen LogP contribution in [-0.2, 0) is 6.54 Å². The first-order valence-corrected chi connectivity index (χ1v) is 7.59. The zero-order chi connectivity index (χ0) is 15.1. The van der Waals surface area contributed by atoms with Crippen LogP contribution in [0.25, 0.3) is 0 Å². The van der Waals surface area contributed by atoms with Crippen LogP contribution in [0.4, 0.5) is 11.8 Å². The predicted molar refractivity (Wildman–Crippen MR) is 85.6 cm³/mol. The molecule has 0 aliphatic heterocycles. The van der Waals surface area contributed by atoms with Crippen LogP contribution in [0.3, 0.4) is 0 Å². The minimum atomic E-state index is 0.629. The quantitative estimate of drug-likeness (QED) is 0.804. The molecule has 21 heavy (non-hydrogen) atoms. The van der Waals surface area contributed by atoms with Crippen LogP contribution in [0.1, 0.15) is 38.1 Å². The van der Waals surface area contributed by atoms with Crippen molar-refractivity contribution in [2.75, 3.05) is 23.3 Å². The minimum Gasteiger partial charge on any atom is -0.467 e. The fourth-order valence-electron chi connectivity index (χ4n) is 2.23. The van der Waals surface area contributed by atoms with Crippen LogP contribution < -0.4 is 10.2 Å². The van der Waals surface area contributed by atoms with Crippen LogP contribution in [-0.4, -0.2) is 23.1 Å². The summed E-state index contributed by atoms with van der Waals surface area (Å²) in [5.41, 5.74) is 0.971. The molecule has 0 bridgehead atoms. The molecular weight excluding hydrogens is 264 g/mol. The van der Waals surface area contributed by atoms with Gasteiger partial charge in [-0.3, -0.25) is 0 Å². The van der Waals surface area contributed by atoms with Gasteiger partial charge in [-0.25, -0.2) is 4.98 Å². The third kappa shape index (κ3) is 4.48. The number of furan rings is 1. The Morgan fingerprint density at radius 3 is 2.57 bits per heavy atom. The average molecular weight is 288 g/mol. The zero-order valence-electron chi connectivity index (χ0n) is 13.1. The summed E-state index contributed by atoms with van der Waals surface area (Å²) >= 11 is 0. The van der Waals surface area contributed by atoms with E-state index in [1.54, 1.807) is 6.26 Å². The van der Waals surface area contributed by atoms with E-state index >= 15 is 0 Å². The highest BCUT2D eigenvalue weighted by Gasteiger charge is 2.10. The molecule has 0 unspecified atom stereocenters. The lowest BCUT2D eigenvalue weighted by Gasteiger charge is -2.22. The predicted octanol–water partition coefficient (Wildman–Crippen LogP) is 3.62. The van der Waals surface area contributed by atoms with Gasteiger partial charge in [-0.05, 0) is 31.9 Å². The van der Waals surface area contributed by atoms with Gasteiger partial charge in [-0.1, -0.05) is 13.8 Å². The summed E-state index contributed by atoms with van der Waals surface area (Å²) in [5.74, 6) is 2.54. The molecule has 0 spiro atoms. The topological polar surface area (TPSA) is 54.2 Å². The Labute approximate surface area is 126 Å². The van der Waals surface area contributed by atoms with Gasteiger partial charge in [0.05, 0.1) is 12.8 Å². The van der Waals surface area contributed by atoms with Crippen molar-refractivity contribution in [1.29, 1.82) is 0 Å². The molecule has 0 fully saturated rings. The largest absolute Gasteiger partial charge is 0.467 e. The van der Waals surface area contributed by atoms with Gasteiger partial charge in [0.1, 0.15) is 11.6 Å². The molecule has 5 nitrogen and oxygen atoms in total. The first-order chi connectivity index (χ1) is 10.2. The van der Waals surface area contributed by atoms with E-state index in [4.69, 9.17) is 4.42 Å². The van der Waals surface area contributed by atoms with Gasteiger partial charge in [0.15, 0.2) is 0 Å². The van der Waals surface area contributed by atoms with Crippen molar-refractivity contribution >= 4 is 11.8 Å². The molecule has 0 amide bonds. The fourth-order valence-corrected chi connectivity index (χ4v) is 2.23. The molecule has 2 rings (SSSR count). The van der Waals surface area contributed by atoms with E-state index in [9.17, 15) is 0 Å². The van der Waals surface area contributed by atoms with Gasteiger partial charge in [0.2, 0.25) is 5.95 Å². The molecule has 0 aromatic carbocycles. The number of nitrogens with one attached hydrogen (secondary N) is 1. The third-order valence-corrected chi connectivity index (χ3v) is 3.14. The lowest BCUT2D eigenvalue weighted by atomic mass is 10.3. The molecule has 0 radical (unpaired) electrons. The molecule has 2 aromatic rings. The molecule has 0 aliphatic carbocycles. The third-order valence-electron chi connectivity index (χ3n) is 3.14. The summed E-state index contributed by atoms with van der Waals surface area (Å²) in [4.78, 5) is 11.4. The Hall–Kier alpha value is -2.04. The first-order valence-electron chi connectivity index (χ1n) is 7.59. The van der Waals surface area contributed by atoms with Crippen LogP contribution in [0.5, 0.6) is 0 Å². The van der Waals surface area contributed by atoms with Crippen molar-refractivity contribution in [2.45, 2.75) is 40.2 Å². The second kappa shape index (κ2) is 7.67. The maximum absolute atomic E-state index is 5.32. The number of aromatic nitrogens is 2. The van der Waals surface area contributed by atoms with Gasteiger partial charge < -0.3 is 14.6 Å². The van der Waals surface area contributed by atoms with Crippen molar-refractivity contribution in [3.05, 3.63) is 35.9 Å². The van der Waals surface area contributed by atoms with Crippen LogP contribution in [0, 0.1) is 6.92 Å². The monoisotopic (exact) mass is 288 g/mol. The molecule has 2 heterocycles. The van der Waals surface area contributed by atoms with Crippen LogP contribution in [0.15, 0.2) is 28.9 Å².